The van der Waals surface area contributed by atoms with Gasteiger partial charge in [0.2, 0.25) is 0 Å². The highest BCUT2D eigenvalue weighted by Gasteiger charge is 2.36. The molecule has 1 saturated carbocycles. The van der Waals surface area contributed by atoms with Crippen LogP contribution >= 0.6 is 23.2 Å². The molecule has 2 rings (SSSR count). The van der Waals surface area contributed by atoms with E-state index >= 15 is 0 Å². The van der Waals surface area contributed by atoms with Crippen LogP contribution in [0, 0.1) is 16.0 Å². The fraction of sp³-hybridized carbons (Fsp3) is 0.455. The van der Waals surface area contributed by atoms with Gasteiger partial charge in [0.25, 0.3) is 5.69 Å². The minimum absolute atomic E-state index is 0.0895. The molecular weight excluding hydrogens is 263 g/mol. The van der Waals surface area contributed by atoms with Crippen LogP contribution in [0.15, 0.2) is 12.1 Å². The summed E-state index contributed by atoms with van der Waals surface area (Å²) in [5.41, 5.74) is 0.508. The van der Waals surface area contributed by atoms with Gasteiger partial charge in [-0.2, -0.15) is 0 Å². The number of nitrogens with zero attached hydrogens (tertiary/aromatic N) is 1. The molecule has 2 atom stereocenters. The lowest BCUT2D eigenvalue weighted by atomic mass is 10.2. The maximum atomic E-state index is 10.6. The van der Waals surface area contributed by atoms with Crippen LogP contribution in [0.25, 0.3) is 0 Å². The topological polar surface area (TPSA) is 55.2 Å². The van der Waals surface area contributed by atoms with Gasteiger partial charge in [-0.3, -0.25) is 10.1 Å². The molecule has 0 heterocycles. The standard InChI is InChI=1S/C11H12Cl2N2O2/c1-2-6-3-10(6)14-11-8(12)4-7(15(16)17)5-9(11)13/h4-6,10,14H,2-3H2,1H3. The van der Waals surface area contributed by atoms with Gasteiger partial charge in [-0.25, -0.2) is 0 Å². The molecular formula is C11H12Cl2N2O2. The summed E-state index contributed by atoms with van der Waals surface area (Å²) < 4.78 is 0. The van der Waals surface area contributed by atoms with Crippen LogP contribution in [0.3, 0.4) is 0 Å². The first-order chi connectivity index (χ1) is 8.02. The first-order valence-electron chi connectivity index (χ1n) is 5.43. The van der Waals surface area contributed by atoms with Crippen molar-refractivity contribution in [2.45, 2.75) is 25.8 Å². The maximum Gasteiger partial charge on any atom is 0.272 e. The van der Waals surface area contributed by atoms with Gasteiger partial charge in [0.15, 0.2) is 0 Å². The molecule has 1 fully saturated rings. The second kappa shape index (κ2) is 4.70. The van der Waals surface area contributed by atoms with Crippen molar-refractivity contribution < 1.29 is 4.92 Å². The fourth-order valence-corrected chi connectivity index (χ4v) is 2.45. The van der Waals surface area contributed by atoms with Crippen molar-refractivity contribution in [3.05, 3.63) is 32.3 Å². The number of nitrogens with one attached hydrogen (secondary N) is 1. The molecule has 0 amide bonds. The average molecular weight is 275 g/mol. The zero-order chi connectivity index (χ0) is 12.6. The van der Waals surface area contributed by atoms with Crippen molar-refractivity contribution in [2.75, 3.05) is 5.32 Å². The van der Waals surface area contributed by atoms with Crippen molar-refractivity contribution in [3.8, 4) is 0 Å². The van der Waals surface area contributed by atoms with Gasteiger partial charge in [-0.1, -0.05) is 36.5 Å². The number of nitro benzene ring substituents is 1. The van der Waals surface area contributed by atoms with Gasteiger partial charge in [0, 0.05) is 18.2 Å². The van der Waals surface area contributed by atoms with Gasteiger partial charge < -0.3 is 5.32 Å². The molecule has 0 spiro atoms. The molecule has 0 bridgehead atoms. The van der Waals surface area contributed by atoms with E-state index in [1.54, 1.807) is 0 Å². The van der Waals surface area contributed by atoms with Crippen LogP contribution in [0.5, 0.6) is 0 Å². The molecule has 1 N–H and O–H groups in total. The molecule has 0 saturated heterocycles. The Morgan fingerprint density at radius 2 is 2.06 bits per heavy atom. The third-order valence-corrected chi connectivity index (χ3v) is 3.61. The number of rotatable bonds is 4. The Morgan fingerprint density at radius 3 is 2.47 bits per heavy atom. The summed E-state index contributed by atoms with van der Waals surface area (Å²) in [6.07, 6.45) is 2.21. The van der Waals surface area contributed by atoms with Gasteiger partial charge in [0.1, 0.15) is 0 Å². The number of hydrogen-bond acceptors (Lipinski definition) is 3. The highest BCUT2D eigenvalue weighted by molar-refractivity contribution is 6.39. The lowest BCUT2D eigenvalue weighted by molar-refractivity contribution is -0.384. The van der Waals surface area contributed by atoms with Crippen LogP contribution in [0.4, 0.5) is 11.4 Å². The van der Waals surface area contributed by atoms with E-state index in [4.69, 9.17) is 23.2 Å². The Kier molecular flexibility index (Phi) is 3.45. The van der Waals surface area contributed by atoms with Gasteiger partial charge in [0.05, 0.1) is 20.7 Å². The third kappa shape index (κ3) is 2.64. The lowest BCUT2D eigenvalue weighted by Gasteiger charge is -2.09. The van der Waals surface area contributed by atoms with E-state index in [0.29, 0.717) is 27.7 Å². The average Bonchev–Trinajstić information content (AvgIpc) is 3.01. The quantitative estimate of drug-likeness (QED) is 0.664. The zero-order valence-corrected chi connectivity index (χ0v) is 10.8. The Morgan fingerprint density at radius 1 is 1.47 bits per heavy atom. The summed E-state index contributed by atoms with van der Waals surface area (Å²) >= 11 is 12.0. The normalized spacial score (nSPS) is 22.3. The van der Waals surface area contributed by atoms with Crippen LogP contribution in [-0.4, -0.2) is 11.0 Å². The Hall–Kier alpha value is -1.00. The highest BCUT2D eigenvalue weighted by Crippen LogP contribution is 2.41. The molecule has 1 aliphatic rings. The molecule has 4 nitrogen and oxygen atoms in total. The minimum atomic E-state index is -0.506. The first-order valence-corrected chi connectivity index (χ1v) is 6.18. The summed E-state index contributed by atoms with van der Waals surface area (Å²) in [6, 6.07) is 3.02. The predicted octanol–water partition coefficient (Wildman–Crippen LogP) is 4.11. The Bertz CT molecular complexity index is 442. The second-order valence-electron chi connectivity index (χ2n) is 4.20. The SMILES string of the molecule is CCC1CC1Nc1c(Cl)cc([N+](=O)[O-])cc1Cl. The Balaban J connectivity index is 2.20. The van der Waals surface area contributed by atoms with E-state index in [9.17, 15) is 10.1 Å². The monoisotopic (exact) mass is 274 g/mol. The molecule has 0 radical (unpaired) electrons. The summed E-state index contributed by atoms with van der Waals surface area (Å²) in [7, 11) is 0. The van der Waals surface area contributed by atoms with Crippen LogP contribution < -0.4 is 5.32 Å². The second-order valence-corrected chi connectivity index (χ2v) is 5.01. The number of benzene rings is 1. The van der Waals surface area contributed by atoms with E-state index in [0.717, 1.165) is 12.8 Å². The molecule has 1 aliphatic carbocycles. The Labute approximate surface area is 109 Å². The summed E-state index contributed by atoms with van der Waals surface area (Å²) in [6.45, 7) is 2.13. The van der Waals surface area contributed by atoms with Gasteiger partial charge in [-0.05, 0) is 12.3 Å². The minimum Gasteiger partial charge on any atom is -0.380 e. The van der Waals surface area contributed by atoms with Crippen molar-refractivity contribution in [1.29, 1.82) is 0 Å². The third-order valence-electron chi connectivity index (χ3n) is 3.01. The van der Waals surface area contributed by atoms with Crippen molar-refractivity contribution in [2.24, 2.45) is 5.92 Å². The molecule has 0 aliphatic heterocycles. The molecule has 0 aromatic heterocycles. The lowest BCUT2D eigenvalue weighted by Crippen LogP contribution is -2.05. The number of hydrogen-bond donors (Lipinski definition) is 1. The highest BCUT2D eigenvalue weighted by atomic mass is 35.5. The van der Waals surface area contributed by atoms with Gasteiger partial charge in [-0.15, -0.1) is 0 Å². The zero-order valence-electron chi connectivity index (χ0n) is 9.24. The summed E-state index contributed by atoms with van der Waals surface area (Å²) in [5, 5.41) is 14.4. The maximum absolute atomic E-state index is 10.6. The molecule has 2 unspecified atom stereocenters. The van der Waals surface area contributed by atoms with E-state index < -0.39 is 4.92 Å². The largest absolute Gasteiger partial charge is 0.380 e. The molecule has 92 valence electrons. The number of nitro groups is 1. The van der Waals surface area contributed by atoms with Gasteiger partial charge >= 0.3 is 0 Å². The smallest absolute Gasteiger partial charge is 0.272 e. The van der Waals surface area contributed by atoms with Crippen LogP contribution in [0.1, 0.15) is 19.8 Å². The predicted molar refractivity (Wildman–Crippen MR) is 68.9 cm³/mol. The number of halogens is 2. The number of non-ortho nitro benzene ring substituents is 1. The molecule has 1 aromatic carbocycles. The van der Waals surface area contributed by atoms with E-state index in [1.165, 1.54) is 12.1 Å². The molecule has 6 heteroatoms. The van der Waals surface area contributed by atoms with Crippen LogP contribution in [-0.2, 0) is 0 Å². The summed E-state index contributed by atoms with van der Waals surface area (Å²) in [5.74, 6) is 0.650. The molecule has 1 aromatic rings. The fourth-order valence-electron chi connectivity index (χ4n) is 1.86. The summed E-state index contributed by atoms with van der Waals surface area (Å²) in [4.78, 5) is 10.1. The van der Waals surface area contributed by atoms with E-state index in [2.05, 4.69) is 12.2 Å². The molecule has 17 heavy (non-hydrogen) atoms. The first kappa shape index (κ1) is 12.5. The van der Waals surface area contributed by atoms with Crippen molar-refractivity contribution >= 4 is 34.6 Å². The van der Waals surface area contributed by atoms with Crippen molar-refractivity contribution in [3.63, 3.8) is 0 Å². The number of anilines is 1. The van der Waals surface area contributed by atoms with Crippen LogP contribution in [0.2, 0.25) is 10.0 Å². The van der Waals surface area contributed by atoms with E-state index in [-0.39, 0.29) is 5.69 Å². The van der Waals surface area contributed by atoms with Crippen molar-refractivity contribution in [1.82, 2.24) is 0 Å². The van der Waals surface area contributed by atoms with E-state index in [1.807, 2.05) is 0 Å².